The molecule has 0 aliphatic carbocycles. The van der Waals surface area contributed by atoms with Gasteiger partial charge in [-0.05, 0) is 61.0 Å². The number of hydrogen-bond donors (Lipinski definition) is 1. The molecule has 2 aromatic carbocycles. The fourth-order valence-electron chi connectivity index (χ4n) is 3.28. The molecule has 0 aliphatic rings. The van der Waals surface area contributed by atoms with Gasteiger partial charge in [0.25, 0.3) is 0 Å². The van der Waals surface area contributed by atoms with Gasteiger partial charge in [0.05, 0.1) is 22.1 Å². The summed E-state index contributed by atoms with van der Waals surface area (Å²) in [7, 11) is 0. The second kappa shape index (κ2) is 6.74. The molecule has 2 heterocycles. The number of carbonyl (C=O) groups is 1. The summed E-state index contributed by atoms with van der Waals surface area (Å²) < 4.78 is 4.67. The zero-order chi connectivity index (χ0) is 18.3. The van der Waals surface area contributed by atoms with Gasteiger partial charge in [-0.2, -0.15) is 11.8 Å². The molecular formula is C19H17N3O2S2. The first-order valence-corrected chi connectivity index (χ1v) is 10.1. The molecular weight excluding hydrogens is 366 g/mol. The highest BCUT2D eigenvalue weighted by Gasteiger charge is 2.15. The van der Waals surface area contributed by atoms with Crippen LogP contribution in [0.2, 0.25) is 0 Å². The van der Waals surface area contributed by atoms with Crippen molar-refractivity contribution < 1.29 is 9.90 Å². The Morgan fingerprint density at radius 1 is 1.23 bits per heavy atom. The first-order valence-electron chi connectivity index (χ1n) is 8.28. The van der Waals surface area contributed by atoms with Crippen LogP contribution in [0.1, 0.15) is 16.8 Å². The number of carboxylic acid groups (broad SMARTS) is 1. The van der Waals surface area contributed by atoms with Gasteiger partial charge in [-0.15, -0.1) is 0 Å². The lowest BCUT2D eigenvalue weighted by atomic mass is 10.1. The Kier molecular flexibility index (Phi) is 4.42. The van der Waals surface area contributed by atoms with E-state index in [-0.39, 0.29) is 5.56 Å². The van der Waals surface area contributed by atoms with Gasteiger partial charge in [-0.25, -0.2) is 9.78 Å². The molecule has 0 aliphatic heterocycles. The maximum absolute atomic E-state index is 11.4. The number of hydrogen-bond acceptors (Lipinski definition) is 4. The average Bonchev–Trinajstić information content (AvgIpc) is 3.04. The maximum atomic E-state index is 11.4. The van der Waals surface area contributed by atoms with E-state index in [2.05, 4.69) is 6.26 Å². The number of carboxylic acids is 1. The highest BCUT2D eigenvalue weighted by atomic mass is 32.2. The highest BCUT2D eigenvalue weighted by Crippen LogP contribution is 2.26. The SMILES string of the molecule is CSCCCn1c(=S)n2c3ccccc3nc2c2ccc(C(=O)O)cc21. The maximum Gasteiger partial charge on any atom is 0.335 e. The fourth-order valence-corrected chi connectivity index (χ4v) is 4.08. The summed E-state index contributed by atoms with van der Waals surface area (Å²) in [6, 6.07) is 13.1. The molecule has 0 fully saturated rings. The third kappa shape index (κ3) is 2.68. The van der Waals surface area contributed by atoms with Crippen LogP contribution >= 0.6 is 24.0 Å². The van der Waals surface area contributed by atoms with Crippen LogP contribution < -0.4 is 0 Å². The predicted molar refractivity (Wildman–Crippen MR) is 109 cm³/mol. The van der Waals surface area contributed by atoms with E-state index in [1.165, 1.54) is 0 Å². The van der Waals surface area contributed by atoms with Gasteiger partial charge in [0.2, 0.25) is 0 Å². The third-order valence-corrected chi connectivity index (χ3v) is 5.59. The van der Waals surface area contributed by atoms with Crippen LogP contribution in [0.15, 0.2) is 42.5 Å². The summed E-state index contributed by atoms with van der Waals surface area (Å²) >= 11 is 7.58. The molecule has 7 heteroatoms. The first kappa shape index (κ1) is 17.1. The second-order valence-electron chi connectivity index (χ2n) is 6.08. The van der Waals surface area contributed by atoms with E-state index in [4.69, 9.17) is 17.2 Å². The summed E-state index contributed by atoms with van der Waals surface area (Å²) in [5.41, 5.74) is 3.69. The van der Waals surface area contributed by atoms with Crippen LogP contribution in [0.25, 0.3) is 27.6 Å². The van der Waals surface area contributed by atoms with Gasteiger partial charge in [-0.3, -0.25) is 4.40 Å². The van der Waals surface area contributed by atoms with Crippen molar-refractivity contribution in [2.75, 3.05) is 12.0 Å². The van der Waals surface area contributed by atoms with Crippen molar-refractivity contribution >= 4 is 57.5 Å². The number of thioether (sulfide) groups is 1. The Balaban J connectivity index is 2.12. The van der Waals surface area contributed by atoms with Crippen LogP contribution in [0, 0.1) is 4.77 Å². The molecule has 0 atom stereocenters. The van der Waals surface area contributed by atoms with Crippen molar-refractivity contribution in [3.8, 4) is 0 Å². The molecule has 132 valence electrons. The van der Waals surface area contributed by atoms with Crippen molar-refractivity contribution in [2.24, 2.45) is 0 Å². The smallest absolute Gasteiger partial charge is 0.335 e. The first-order chi connectivity index (χ1) is 12.6. The average molecular weight is 383 g/mol. The van der Waals surface area contributed by atoms with Gasteiger partial charge in [0.1, 0.15) is 5.65 Å². The van der Waals surface area contributed by atoms with Crippen molar-refractivity contribution in [1.82, 2.24) is 14.0 Å². The van der Waals surface area contributed by atoms with E-state index in [0.717, 1.165) is 46.3 Å². The molecule has 2 aromatic heterocycles. The van der Waals surface area contributed by atoms with Gasteiger partial charge in [0.15, 0.2) is 4.77 Å². The quantitative estimate of drug-likeness (QED) is 0.402. The summed E-state index contributed by atoms with van der Waals surface area (Å²) in [6.45, 7) is 0.738. The standard InChI is InChI=1S/C19H17N3O2S2/c1-26-10-4-9-21-16-11-12(18(23)24)7-8-13(16)17-20-14-5-2-3-6-15(14)22(17)19(21)25/h2-3,5-8,11H,4,9-10H2,1H3,(H,23,24). The van der Waals surface area contributed by atoms with E-state index < -0.39 is 5.97 Å². The summed E-state index contributed by atoms with van der Waals surface area (Å²) in [5.74, 6) is 0.0757. The molecule has 4 rings (SSSR count). The predicted octanol–water partition coefficient (Wildman–Crippen LogP) is 4.62. The van der Waals surface area contributed by atoms with Gasteiger partial charge >= 0.3 is 5.97 Å². The van der Waals surface area contributed by atoms with E-state index in [1.54, 1.807) is 23.9 Å². The van der Waals surface area contributed by atoms with Gasteiger partial charge < -0.3 is 9.67 Å². The van der Waals surface area contributed by atoms with Crippen molar-refractivity contribution in [3.05, 3.63) is 52.8 Å². The third-order valence-electron chi connectivity index (χ3n) is 4.49. The molecule has 0 amide bonds. The van der Waals surface area contributed by atoms with Crippen LogP contribution in [0.4, 0.5) is 0 Å². The lowest BCUT2D eigenvalue weighted by molar-refractivity contribution is 0.0697. The summed E-state index contributed by atoms with van der Waals surface area (Å²) in [6.07, 6.45) is 3.03. The molecule has 0 radical (unpaired) electrons. The molecule has 0 bridgehead atoms. The van der Waals surface area contributed by atoms with Crippen LogP contribution in [0.5, 0.6) is 0 Å². The number of aromatic nitrogens is 3. The number of fused-ring (bicyclic) bond motifs is 5. The monoisotopic (exact) mass is 383 g/mol. The lowest BCUT2D eigenvalue weighted by Gasteiger charge is -2.14. The normalized spacial score (nSPS) is 11.6. The lowest BCUT2D eigenvalue weighted by Crippen LogP contribution is -2.09. The van der Waals surface area contributed by atoms with E-state index >= 15 is 0 Å². The Bertz CT molecular complexity index is 1210. The van der Waals surface area contributed by atoms with Crippen molar-refractivity contribution in [1.29, 1.82) is 0 Å². The minimum absolute atomic E-state index is 0.256. The highest BCUT2D eigenvalue weighted by molar-refractivity contribution is 7.98. The molecule has 0 saturated carbocycles. The van der Waals surface area contributed by atoms with Gasteiger partial charge in [0, 0.05) is 11.9 Å². The van der Waals surface area contributed by atoms with Crippen LogP contribution in [-0.2, 0) is 6.54 Å². The fraction of sp³-hybridized carbons (Fsp3) is 0.211. The number of imidazole rings is 1. The van der Waals surface area contributed by atoms with Crippen LogP contribution in [-0.4, -0.2) is 37.0 Å². The molecule has 4 aromatic rings. The molecule has 0 unspecified atom stereocenters. The minimum Gasteiger partial charge on any atom is -0.478 e. The Morgan fingerprint density at radius 2 is 2.04 bits per heavy atom. The van der Waals surface area contributed by atoms with E-state index in [1.807, 2.05) is 39.3 Å². The largest absolute Gasteiger partial charge is 0.478 e. The van der Waals surface area contributed by atoms with E-state index in [9.17, 15) is 9.90 Å². The zero-order valence-corrected chi connectivity index (χ0v) is 15.8. The Morgan fingerprint density at radius 3 is 2.81 bits per heavy atom. The second-order valence-corrected chi connectivity index (χ2v) is 7.43. The minimum atomic E-state index is -0.943. The number of rotatable bonds is 5. The molecule has 26 heavy (non-hydrogen) atoms. The van der Waals surface area contributed by atoms with Crippen molar-refractivity contribution in [3.63, 3.8) is 0 Å². The number of benzene rings is 2. The molecule has 0 saturated heterocycles. The number of nitrogens with zero attached hydrogens (tertiary/aromatic N) is 3. The topological polar surface area (TPSA) is 59.5 Å². The van der Waals surface area contributed by atoms with E-state index in [0.29, 0.717) is 4.77 Å². The molecule has 0 spiro atoms. The molecule has 5 nitrogen and oxygen atoms in total. The molecule has 1 N–H and O–H groups in total. The van der Waals surface area contributed by atoms with Crippen molar-refractivity contribution in [2.45, 2.75) is 13.0 Å². The summed E-state index contributed by atoms with van der Waals surface area (Å²) in [5, 5.41) is 10.3. The zero-order valence-electron chi connectivity index (χ0n) is 14.2. The van der Waals surface area contributed by atoms with Gasteiger partial charge in [-0.1, -0.05) is 12.1 Å². The number of para-hydroxylation sites is 2. The Labute approximate surface area is 159 Å². The number of aryl methyl sites for hydroxylation is 1. The Hall–Kier alpha value is -2.38. The summed E-state index contributed by atoms with van der Waals surface area (Å²) in [4.78, 5) is 16.2. The number of aromatic carboxylic acids is 1. The van der Waals surface area contributed by atoms with Crippen LogP contribution in [0.3, 0.4) is 0 Å².